The molecule has 4 aliphatic rings. The average molecular weight is 388 g/mol. The van der Waals surface area contributed by atoms with E-state index >= 15 is 0 Å². The van der Waals surface area contributed by atoms with Gasteiger partial charge in [0.25, 0.3) is 0 Å². The number of hydrogen-bond donors (Lipinski definition) is 3. The van der Waals surface area contributed by atoms with E-state index in [2.05, 4.69) is 16.0 Å². The normalized spacial score (nSPS) is 30.1. The van der Waals surface area contributed by atoms with Crippen molar-refractivity contribution >= 4 is 17.0 Å². The zero-order valence-electron chi connectivity index (χ0n) is 16.2. The fourth-order valence-corrected chi connectivity index (χ4v) is 6.82. The first-order valence-electron chi connectivity index (χ1n) is 10.6. The molecule has 0 spiro atoms. The van der Waals surface area contributed by atoms with E-state index < -0.39 is 5.97 Å². The van der Waals surface area contributed by atoms with E-state index in [1.807, 2.05) is 6.07 Å². The van der Waals surface area contributed by atoms with Gasteiger partial charge in [-0.05, 0) is 98.1 Å². The molecule has 148 valence electrons. The number of phenols is 1. The second-order valence-corrected chi connectivity index (χ2v) is 9.55. The highest BCUT2D eigenvalue weighted by molar-refractivity contribution is 5.93. The molecule has 3 aromatic rings. The summed E-state index contributed by atoms with van der Waals surface area (Å²) < 4.78 is 0. The van der Waals surface area contributed by atoms with Gasteiger partial charge in [-0.15, -0.1) is 0 Å². The van der Waals surface area contributed by atoms with Crippen LogP contribution in [0.4, 0.5) is 0 Å². The number of carboxylic acid groups (broad SMARTS) is 1. The van der Waals surface area contributed by atoms with Crippen LogP contribution in [0.5, 0.6) is 5.75 Å². The number of aromatic amines is 1. The number of H-pyrrole nitrogens is 1. The van der Waals surface area contributed by atoms with Crippen LogP contribution in [-0.4, -0.2) is 26.2 Å². The number of phenolic OH excluding ortho intramolecular Hbond substituents is 1. The number of carboxylic acids is 1. The summed E-state index contributed by atoms with van der Waals surface area (Å²) in [6.07, 6.45) is 7.69. The van der Waals surface area contributed by atoms with E-state index in [4.69, 9.17) is 0 Å². The van der Waals surface area contributed by atoms with Crippen molar-refractivity contribution in [2.75, 3.05) is 0 Å². The van der Waals surface area contributed by atoms with Crippen LogP contribution in [0.3, 0.4) is 0 Å². The number of carbonyl (C=O) groups is 1. The molecule has 1 aromatic heterocycles. The van der Waals surface area contributed by atoms with Gasteiger partial charge in [0.15, 0.2) is 0 Å². The summed E-state index contributed by atoms with van der Waals surface area (Å²) in [4.78, 5) is 19.2. The summed E-state index contributed by atoms with van der Waals surface area (Å²) >= 11 is 0. The van der Waals surface area contributed by atoms with Crippen LogP contribution in [0.2, 0.25) is 0 Å². The van der Waals surface area contributed by atoms with Gasteiger partial charge in [-0.3, -0.25) is 0 Å². The number of imidazole rings is 1. The van der Waals surface area contributed by atoms with Gasteiger partial charge in [-0.25, -0.2) is 9.78 Å². The number of aromatic carboxylic acids is 1. The zero-order valence-corrected chi connectivity index (χ0v) is 16.2. The van der Waals surface area contributed by atoms with Crippen LogP contribution in [0.25, 0.3) is 22.4 Å². The Morgan fingerprint density at radius 3 is 2.34 bits per heavy atom. The maximum absolute atomic E-state index is 11.2. The third-order valence-electron chi connectivity index (χ3n) is 7.61. The molecule has 2 aromatic carbocycles. The van der Waals surface area contributed by atoms with Crippen molar-refractivity contribution in [1.82, 2.24) is 9.97 Å². The summed E-state index contributed by atoms with van der Waals surface area (Å²) in [6.45, 7) is 0. The standard InChI is InChI=1S/C24H24N2O3/c27-21-4-2-16(22-25-19-3-1-17(23(28)29)9-20(19)26-22)8-18(21)24-10-13-5-14(11-24)7-15(6-13)12-24/h1-4,8-9,13-15,27H,5-7,10-12H2,(H,25,26)(H,28,29). The molecule has 0 saturated heterocycles. The van der Waals surface area contributed by atoms with E-state index in [1.54, 1.807) is 24.3 Å². The molecule has 0 amide bonds. The summed E-state index contributed by atoms with van der Waals surface area (Å²) in [7, 11) is 0. The first kappa shape index (κ1) is 17.1. The SMILES string of the molecule is O=C(O)c1ccc2[nH]c(-c3ccc(O)c(C45CC6CC(CC(C6)C4)C5)c3)nc2c1. The highest BCUT2D eigenvalue weighted by Gasteiger charge is 2.52. The lowest BCUT2D eigenvalue weighted by molar-refractivity contribution is -0.00611. The summed E-state index contributed by atoms with van der Waals surface area (Å²) in [5, 5.41) is 20.0. The average Bonchev–Trinajstić information content (AvgIpc) is 3.10. The highest BCUT2D eigenvalue weighted by Crippen LogP contribution is 2.62. The van der Waals surface area contributed by atoms with Crippen molar-refractivity contribution < 1.29 is 15.0 Å². The molecule has 7 rings (SSSR count). The molecule has 4 saturated carbocycles. The van der Waals surface area contributed by atoms with Crippen molar-refractivity contribution in [2.45, 2.75) is 43.9 Å². The maximum atomic E-state index is 11.2. The molecule has 1 heterocycles. The molecule has 3 N–H and O–H groups in total. The molecule has 5 nitrogen and oxygen atoms in total. The molecular formula is C24H24N2O3. The first-order chi connectivity index (χ1) is 14.0. The number of aromatic hydroxyl groups is 1. The van der Waals surface area contributed by atoms with Crippen LogP contribution >= 0.6 is 0 Å². The van der Waals surface area contributed by atoms with Gasteiger partial charge in [0.05, 0.1) is 16.6 Å². The van der Waals surface area contributed by atoms with E-state index in [-0.39, 0.29) is 11.0 Å². The predicted molar refractivity (Wildman–Crippen MR) is 110 cm³/mol. The molecule has 4 aliphatic carbocycles. The molecule has 29 heavy (non-hydrogen) atoms. The smallest absolute Gasteiger partial charge is 0.335 e. The fraction of sp³-hybridized carbons (Fsp3) is 0.417. The summed E-state index contributed by atoms with van der Waals surface area (Å²) in [6, 6.07) is 10.8. The van der Waals surface area contributed by atoms with Gasteiger partial charge >= 0.3 is 5.97 Å². The lowest BCUT2D eigenvalue weighted by Crippen LogP contribution is -2.48. The van der Waals surface area contributed by atoms with Crippen molar-refractivity contribution in [3.63, 3.8) is 0 Å². The van der Waals surface area contributed by atoms with Crippen molar-refractivity contribution in [3.05, 3.63) is 47.5 Å². The van der Waals surface area contributed by atoms with Gasteiger partial charge < -0.3 is 15.2 Å². The van der Waals surface area contributed by atoms with Gasteiger partial charge in [-0.2, -0.15) is 0 Å². The van der Waals surface area contributed by atoms with Crippen LogP contribution < -0.4 is 0 Å². The minimum atomic E-state index is -0.954. The minimum Gasteiger partial charge on any atom is -0.508 e. The Labute approximate surface area is 168 Å². The lowest BCUT2D eigenvalue weighted by atomic mass is 9.48. The second kappa shape index (κ2) is 5.85. The van der Waals surface area contributed by atoms with Crippen LogP contribution in [-0.2, 0) is 5.41 Å². The highest BCUT2D eigenvalue weighted by atomic mass is 16.4. The predicted octanol–water partition coefficient (Wildman–Crippen LogP) is 5.10. The van der Waals surface area contributed by atoms with Crippen LogP contribution in [0.15, 0.2) is 36.4 Å². The van der Waals surface area contributed by atoms with Crippen molar-refractivity contribution in [3.8, 4) is 17.1 Å². The van der Waals surface area contributed by atoms with E-state index in [9.17, 15) is 15.0 Å². The van der Waals surface area contributed by atoms with Gasteiger partial charge in [0.1, 0.15) is 11.6 Å². The number of nitrogens with one attached hydrogen (secondary N) is 1. The van der Waals surface area contributed by atoms with Crippen LogP contribution in [0.1, 0.15) is 54.4 Å². The molecule has 4 bridgehead atoms. The molecule has 4 fully saturated rings. The van der Waals surface area contributed by atoms with E-state index in [1.165, 1.54) is 38.5 Å². The Morgan fingerprint density at radius 2 is 1.69 bits per heavy atom. The molecule has 0 aliphatic heterocycles. The summed E-state index contributed by atoms with van der Waals surface area (Å²) in [5.41, 5.74) is 3.83. The molecule has 0 radical (unpaired) electrons. The maximum Gasteiger partial charge on any atom is 0.335 e. The third-order valence-corrected chi connectivity index (χ3v) is 7.61. The Bertz CT molecular complexity index is 1110. The number of benzene rings is 2. The number of rotatable bonds is 3. The van der Waals surface area contributed by atoms with Gasteiger partial charge in [0, 0.05) is 11.1 Å². The Hall–Kier alpha value is -2.82. The van der Waals surface area contributed by atoms with E-state index in [0.29, 0.717) is 17.1 Å². The molecule has 0 atom stereocenters. The lowest BCUT2D eigenvalue weighted by Gasteiger charge is -2.57. The zero-order chi connectivity index (χ0) is 19.8. The summed E-state index contributed by atoms with van der Waals surface area (Å²) in [5.74, 6) is 2.60. The largest absolute Gasteiger partial charge is 0.508 e. The van der Waals surface area contributed by atoms with Crippen LogP contribution in [0, 0.1) is 17.8 Å². The molecular weight excluding hydrogens is 364 g/mol. The number of hydrogen-bond acceptors (Lipinski definition) is 3. The number of fused-ring (bicyclic) bond motifs is 1. The van der Waals surface area contributed by atoms with Gasteiger partial charge in [0.2, 0.25) is 0 Å². The minimum absolute atomic E-state index is 0.108. The topological polar surface area (TPSA) is 86.2 Å². The van der Waals surface area contributed by atoms with Crippen molar-refractivity contribution in [1.29, 1.82) is 0 Å². The quantitative estimate of drug-likeness (QED) is 0.582. The molecule has 0 unspecified atom stereocenters. The second-order valence-electron chi connectivity index (χ2n) is 9.55. The molecule has 5 heteroatoms. The van der Waals surface area contributed by atoms with Crippen molar-refractivity contribution in [2.24, 2.45) is 17.8 Å². The van der Waals surface area contributed by atoms with Gasteiger partial charge in [-0.1, -0.05) is 0 Å². The van der Waals surface area contributed by atoms with E-state index in [0.717, 1.165) is 34.4 Å². The third kappa shape index (κ3) is 2.60. The fourth-order valence-electron chi connectivity index (χ4n) is 6.82. The Morgan fingerprint density at radius 1 is 1.00 bits per heavy atom. The monoisotopic (exact) mass is 388 g/mol. The Kier molecular flexibility index (Phi) is 3.44. The number of nitrogens with zero attached hydrogens (tertiary/aromatic N) is 1. The Balaban J connectivity index is 1.43. The number of aromatic nitrogens is 2. The first-order valence-corrected chi connectivity index (χ1v) is 10.6.